The van der Waals surface area contributed by atoms with Gasteiger partial charge in [-0.2, -0.15) is 0 Å². The van der Waals surface area contributed by atoms with Crippen LogP contribution in [-0.2, 0) is 19.1 Å². The molecule has 1 unspecified atom stereocenters. The van der Waals surface area contributed by atoms with Gasteiger partial charge in [-0.1, -0.05) is 12.1 Å². The lowest BCUT2D eigenvalue weighted by Gasteiger charge is -2.25. The molecule has 0 fully saturated rings. The van der Waals surface area contributed by atoms with E-state index in [-0.39, 0.29) is 18.7 Å². The summed E-state index contributed by atoms with van der Waals surface area (Å²) in [4.78, 5) is 37.1. The van der Waals surface area contributed by atoms with Crippen LogP contribution in [-0.4, -0.2) is 40.8 Å². The molecule has 23 heavy (non-hydrogen) atoms. The normalized spacial score (nSPS) is 17.6. The van der Waals surface area contributed by atoms with Crippen LogP contribution < -0.4 is 0 Å². The van der Waals surface area contributed by atoms with Crippen LogP contribution in [0.25, 0.3) is 0 Å². The van der Waals surface area contributed by atoms with Crippen molar-refractivity contribution in [1.82, 2.24) is 4.90 Å². The molecule has 1 N–H and O–H groups in total. The maximum Gasteiger partial charge on any atom is 0.325 e. The van der Waals surface area contributed by atoms with Crippen LogP contribution in [0.1, 0.15) is 25.5 Å². The lowest BCUT2D eigenvalue weighted by Crippen LogP contribution is -2.36. The highest BCUT2D eigenvalue weighted by molar-refractivity contribution is 14.1. The maximum atomic E-state index is 12.3. The average molecular weight is 429 g/mol. The van der Waals surface area contributed by atoms with E-state index in [0.29, 0.717) is 5.56 Å². The molecule has 1 amide bonds. The van der Waals surface area contributed by atoms with Crippen molar-refractivity contribution < 1.29 is 24.2 Å². The molecule has 0 saturated heterocycles. The highest BCUT2D eigenvalue weighted by atomic mass is 127. The molecule has 6 nitrogen and oxygen atoms in total. The Morgan fingerprint density at radius 1 is 1.30 bits per heavy atom. The second kappa shape index (κ2) is 7.12. The second-order valence-electron chi connectivity index (χ2n) is 5.01. The molecule has 1 atom stereocenters. The molecule has 1 aromatic carbocycles. The van der Waals surface area contributed by atoms with Gasteiger partial charge in [0.2, 0.25) is 0 Å². The van der Waals surface area contributed by atoms with Crippen molar-refractivity contribution in [2.75, 3.05) is 13.2 Å². The van der Waals surface area contributed by atoms with Gasteiger partial charge >= 0.3 is 5.97 Å². The van der Waals surface area contributed by atoms with Gasteiger partial charge in [0, 0.05) is 3.57 Å². The van der Waals surface area contributed by atoms with E-state index in [9.17, 15) is 19.5 Å². The fourth-order valence-corrected chi connectivity index (χ4v) is 2.87. The van der Waals surface area contributed by atoms with Crippen molar-refractivity contribution in [3.63, 3.8) is 0 Å². The lowest BCUT2D eigenvalue weighted by atomic mass is 9.97. The van der Waals surface area contributed by atoms with E-state index < -0.39 is 29.5 Å². The Kier molecular flexibility index (Phi) is 5.40. The average Bonchev–Trinajstić information content (AvgIpc) is 2.73. The van der Waals surface area contributed by atoms with Gasteiger partial charge in [0.25, 0.3) is 5.91 Å². The predicted molar refractivity (Wildman–Crippen MR) is 90.6 cm³/mol. The Morgan fingerprint density at radius 2 is 1.91 bits per heavy atom. The van der Waals surface area contributed by atoms with Crippen molar-refractivity contribution in [2.24, 2.45) is 0 Å². The number of rotatable bonds is 5. The van der Waals surface area contributed by atoms with E-state index in [2.05, 4.69) is 22.6 Å². The van der Waals surface area contributed by atoms with Gasteiger partial charge < -0.3 is 14.7 Å². The van der Waals surface area contributed by atoms with Crippen molar-refractivity contribution >= 4 is 40.3 Å². The zero-order chi connectivity index (χ0) is 17.1. The van der Waals surface area contributed by atoms with Gasteiger partial charge in [-0.05, 0) is 54.1 Å². The number of amides is 1. The number of benzene rings is 1. The minimum atomic E-state index is -0.790. The molecule has 0 saturated carbocycles. The zero-order valence-corrected chi connectivity index (χ0v) is 14.9. The first-order valence-electron chi connectivity index (χ1n) is 7.03. The third kappa shape index (κ3) is 3.54. The van der Waals surface area contributed by atoms with Crippen molar-refractivity contribution in [3.05, 3.63) is 44.7 Å². The quantitative estimate of drug-likeness (QED) is 0.573. The molecular formula is C16H16INO5. The van der Waals surface area contributed by atoms with Crippen LogP contribution >= 0.6 is 22.6 Å². The van der Waals surface area contributed by atoms with E-state index in [1.165, 1.54) is 6.92 Å². The van der Waals surface area contributed by atoms with E-state index >= 15 is 0 Å². The molecular weight excluding hydrogens is 413 g/mol. The first-order valence-corrected chi connectivity index (χ1v) is 8.10. The largest absolute Gasteiger partial charge is 0.503 e. The fourth-order valence-electron chi connectivity index (χ4n) is 2.51. The van der Waals surface area contributed by atoms with Crippen molar-refractivity contribution in [3.8, 4) is 0 Å². The number of ketones is 1. The van der Waals surface area contributed by atoms with Gasteiger partial charge in [-0.15, -0.1) is 0 Å². The molecule has 0 aromatic heterocycles. The third-order valence-electron chi connectivity index (χ3n) is 3.47. The van der Waals surface area contributed by atoms with Crippen molar-refractivity contribution in [1.29, 1.82) is 0 Å². The first-order chi connectivity index (χ1) is 10.9. The molecule has 1 aliphatic rings. The van der Waals surface area contributed by atoms with Crippen molar-refractivity contribution in [2.45, 2.75) is 19.9 Å². The van der Waals surface area contributed by atoms with Crippen LogP contribution in [0.3, 0.4) is 0 Å². The first kappa shape index (κ1) is 17.5. The van der Waals surface area contributed by atoms with Crippen LogP contribution in [0.5, 0.6) is 0 Å². The summed E-state index contributed by atoms with van der Waals surface area (Å²) in [5.41, 5.74) is 0.651. The third-order valence-corrected chi connectivity index (χ3v) is 4.19. The van der Waals surface area contributed by atoms with E-state index in [1.54, 1.807) is 19.1 Å². The van der Waals surface area contributed by atoms with Gasteiger partial charge in [0.15, 0.2) is 11.5 Å². The molecule has 2 rings (SSSR count). The monoisotopic (exact) mass is 429 g/mol. The Labute approximate surface area is 147 Å². The lowest BCUT2D eigenvalue weighted by molar-refractivity contribution is -0.148. The maximum absolute atomic E-state index is 12.3. The van der Waals surface area contributed by atoms with E-state index in [1.807, 2.05) is 12.1 Å². The van der Waals surface area contributed by atoms with Gasteiger partial charge in [-0.25, -0.2) is 0 Å². The Hall–Kier alpha value is -1.90. The fraction of sp³-hybridized carbons (Fsp3) is 0.312. The van der Waals surface area contributed by atoms with Crippen LogP contribution in [0.2, 0.25) is 0 Å². The second-order valence-corrected chi connectivity index (χ2v) is 6.26. The van der Waals surface area contributed by atoms with E-state index in [4.69, 9.17) is 4.74 Å². The molecule has 0 bridgehead atoms. The number of halogens is 1. The number of esters is 1. The highest BCUT2D eigenvalue weighted by Gasteiger charge is 2.43. The molecule has 0 aliphatic carbocycles. The van der Waals surface area contributed by atoms with Crippen LogP contribution in [0.15, 0.2) is 35.6 Å². The van der Waals surface area contributed by atoms with Gasteiger partial charge in [0.1, 0.15) is 6.54 Å². The number of carbonyl (C=O) groups is 3. The molecule has 0 radical (unpaired) electrons. The minimum Gasteiger partial charge on any atom is -0.503 e. The molecule has 1 aliphatic heterocycles. The van der Waals surface area contributed by atoms with Crippen LogP contribution in [0.4, 0.5) is 0 Å². The standard InChI is InChI=1S/C16H16INO5/c1-3-23-12(20)8-18-14(10-4-6-11(17)7-5-10)13(9(2)19)15(21)16(18)22/h4-7,14,21H,3,8H2,1-2H3. The number of aliphatic hydroxyl groups excluding tert-OH is 1. The summed E-state index contributed by atoms with van der Waals surface area (Å²) in [5.74, 6) is -2.35. The number of ether oxygens (including phenoxy) is 1. The topological polar surface area (TPSA) is 83.9 Å². The molecule has 1 aromatic rings. The summed E-state index contributed by atoms with van der Waals surface area (Å²) >= 11 is 2.14. The number of nitrogens with zero attached hydrogens (tertiary/aromatic N) is 1. The van der Waals surface area contributed by atoms with Gasteiger partial charge in [0.05, 0.1) is 18.2 Å². The molecule has 1 heterocycles. The number of hydrogen-bond acceptors (Lipinski definition) is 5. The summed E-state index contributed by atoms with van der Waals surface area (Å²) in [6.45, 7) is 2.81. The zero-order valence-electron chi connectivity index (χ0n) is 12.7. The smallest absolute Gasteiger partial charge is 0.325 e. The molecule has 122 valence electrons. The summed E-state index contributed by atoms with van der Waals surface area (Å²) < 4.78 is 5.86. The molecule has 0 spiro atoms. The highest BCUT2D eigenvalue weighted by Crippen LogP contribution is 2.37. The number of hydrogen-bond donors (Lipinski definition) is 1. The Morgan fingerprint density at radius 3 is 2.43 bits per heavy atom. The summed E-state index contributed by atoms with van der Waals surface area (Å²) in [7, 11) is 0. The SMILES string of the molecule is CCOC(=O)CN1C(=O)C(O)=C(C(C)=O)C1c1ccc(I)cc1. The molecule has 7 heteroatoms. The predicted octanol–water partition coefficient (Wildman–Crippen LogP) is 2.14. The van der Waals surface area contributed by atoms with E-state index in [0.717, 1.165) is 8.47 Å². The van der Waals surface area contributed by atoms with Gasteiger partial charge in [-0.3, -0.25) is 14.4 Å². The Balaban J connectivity index is 2.44. The summed E-state index contributed by atoms with van der Waals surface area (Å²) in [6.07, 6.45) is 0. The number of aliphatic hydroxyl groups is 1. The number of carbonyl (C=O) groups excluding carboxylic acids is 3. The summed E-state index contributed by atoms with van der Waals surface area (Å²) in [5, 5.41) is 10.0. The van der Waals surface area contributed by atoms with Crippen LogP contribution in [0, 0.1) is 3.57 Å². The summed E-state index contributed by atoms with van der Waals surface area (Å²) in [6, 6.07) is 6.40. The minimum absolute atomic E-state index is 0.000469. The number of Topliss-reactive ketones (excluding diaryl/α,β-unsaturated/α-hetero) is 1. The Bertz CT molecular complexity index is 680.